The minimum atomic E-state index is -0.686. The van der Waals surface area contributed by atoms with Crippen molar-refractivity contribution in [3.63, 3.8) is 0 Å². The molecule has 1 aromatic heterocycles. The first-order valence-corrected chi connectivity index (χ1v) is 11.3. The lowest BCUT2D eigenvalue weighted by molar-refractivity contribution is -0.138. The molecule has 1 aliphatic rings. The summed E-state index contributed by atoms with van der Waals surface area (Å²) in [5.41, 5.74) is 2.15. The Bertz CT molecular complexity index is 1420. The van der Waals surface area contributed by atoms with Crippen molar-refractivity contribution in [1.82, 2.24) is 4.57 Å². The number of allylic oxidation sites excluding steroid dienone is 1. The first kappa shape index (κ1) is 22.8. The Labute approximate surface area is 199 Å². The first-order chi connectivity index (χ1) is 15.9. The molecule has 8 heteroatoms. The van der Waals surface area contributed by atoms with Crippen LogP contribution in [0.15, 0.2) is 82.2 Å². The molecule has 6 nitrogen and oxygen atoms in total. The van der Waals surface area contributed by atoms with E-state index >= 15 is 0 Å². The SMILES string of the molecule is C=CCOC(=O)C1=C(C)N=c2sc(=Cc3ccc(OC)cc3)c(=O)n2C1c1ccc(Cl)cc1. The van der Waals surface area contributed by atoms with Gasteiger partial charge in [0.05, 0.1) is 29.0 Å². The minimum Gasteiger partial charge on any atom is -0.497 e. The maximum atomic E-state index is 13.5. The van der Waals surface area contributed by atoms with Crippen LogP contribution in [-0.2, 0) is 9.53 Å². The molecule has 168 valence electrons. The molecular formula is C25H21ClN2O4S. The zero-order valence-electron chi connectivity index (χ0n) is 18.1. The Balaban J connectivity index is 1.90. The molecule has 0 saturated heterocycles. The number of carbonyl (C=O) groups excluding carboxylic acids is 1. The van der Waals surface area contributed by atoms with Crippen LogP contribution in [0.1, 0.15) is 24.1 Å². The van der Waals surface area contributed by atoms with Crippen LogP contribution in [0, 0.1) is 0 Å². The average molecular weight is 481 g/mol. The van der Waals surface area contributed by atoms with E-state index < -0.39 is 12.0 Å². The second-order valence-corrected chi connectivity index (χ2v) is 8.74. The van der Waals surface area contributed by atoms with Gasteiger partial charge in [-0.1, -0.05) is 59.9 Å². The zero-order valence-corrected chi connectivity index (χ0v) is 19.7. The average Bonchev–Trinajstić information content (AvgIpc) is 3.12. The van der Waals surface area contributed by atoms with E-state index in [-0.39, 0.29) is 12.2 Å². The summed E-state index contributed by atoms with van der Waals surface area (Å²) in [6.45, 7) is 5.40. The molecule has 0 bridgehead atoms. The van der Waals surface area contributed by atoms with Crippen LogP contribution in [-0.4, -0.2) is 24.3 Å². The number of benzene rings is 2. The Morgan fingerprint density at radius 1 is 1.21 bits per heavy atom. The van der Waals surface area contributed by atoms with Gasteiger partial charge in [-0.25, -0.2) is 9.79 Å². The molecule has 2 aromatic carbocycles. The standard InChI is InChI=1S/C25H21ClN2O4S/c1-4-13-32-24(30)21-15(2)27-25-28(22(21)17-7-9-18(26)10-8-17)23(29)20(33-25)14-16-5-11-19(31-3)12-6-16/h4-12,14,22H,1,13H2,2-3H3. The van der Waals surface area contributed by atoms with E-state index in [2.05, 4.69) is 11.6 Å². The molecule has 0 aliphatic carbocycles. The van der Waals surface area contributed by atoms with E-state index in [1.807, 2.05) is 24.3 Å². The number of esters is 1. The number of halogens is 1. The quantitative estimate of drug-likeness (QED) is 0.399. The minimum absolute atomic E-state index is 0.0604. The number of thiazole rings is 1. The van der Waals surface area contributed by atoms with Crippen LogP contribution < -0.4 is 19.6 Å². The van der Waals surface area contributed by atoms with Crippen LogP contribution in [0.3, 0.4) is 0 Å². The summed E-state index contributed by atoms with van der Waals surface area (Å²) in [4.78, 5) is 31.6. The largest absolute Gasteiger partial charge is 0.497 e. The van der Waals surface area contributed by atoms with Gasteiger partial charge in [-0.05, 0) is 48.4 Å². The normalized spacial score (nSPS) is 15.6. The number of rotatable bonds is 6. The van der Waals surface area contributed by atoms with E-state index in [9.17, 15) is 9.59 Å². The molecule has 4 rings (SSSR count). The third kappa shape index (κ3) is 4.55. The highest BCUT2D eigenvalue weighted by molar-refractivity contribution is 7.07. The summed E-state index contributed by atoms with van der Waals surface area (Å²) in [5.74, 6) is 0.190. The molecule has 0 saturated carbocycles. The van der Waals surface area contributed by atoms with Gasteiger partial charge in [-0.2, -0.15) is 0 Å². The number of methoxy groups -OCH3 is 1. The smallest absolute Gasteiger partial charge is 0.338 e. The lowest BCUT2D eigenvalue weighted by Crippen LogP contribution is -2.39. The van der Waals surface area contributed by atoms with E-state index in [0.717, 1.165) is 16.9 Å². The van der Waals surface area contributed by atoms with Crippen LogP contribution in [0.5, 0.6) is 5.75 Å². The predicted octanol–water partition coefficient (Wildman–Crippen LogP) is 3.63. The maximum absolute atomic E-state index is 13.5. The van der Waals surface area contributed by atoms with Crippen LogP contribution >= 0.6 is 22.9 Å². The van der Waals surface area contributed by atoms with Crippen molar-refractivity contribution in [3.05, 3.63) is 108 Å². The summed E-state index contributed by atoms with van der Waals surface area (Å²) in [6, 6.07) is 13.8. The van der Waals surface area contributed by atoms with Gasteiger partial charge in [-0.3, -0.25) is 9.36 Å². The Kier molecular flexibility index (Phi) is 6.62. The Hall–Kier alpha value is -3.42. The molecule has 0 radical (unpaired) electrons. The van der Waals surface area contributed by atoms with Gasteiger partial charge in [-0.15, -0.1) is 0 Å². The lowest BCUT2D eigenvalue weighted by atomic mass is 9.96. The number of aromatic nitrogens is 1. The molecule has 1 unspecified atom stereocenters. The fraction of sp³-hybridized carbons (Fsp3) is 0.160. The number of nitrogens with zero attached hydrogens (tertiary/aromatic N) is 2. The predicted molar refractivity (Wildman–Crippen MR) is 129 cm³/mol. The van der Waals surface area contributed by atoms with Gasteiger partial charge in [0.1, 0.15) is 12.4 Å². The monoisotopic (exact) mass is 480 g/mol. The van der Waals surface area contributed by atoms with Crippen molar-refractivity contribution in [2.45, 2.75) is 13.0 Å². The third-order valence-electron chi connectivity index (χ3n) is 5.17. The second kappa shape index (κ2) is 9.60. The number of fused-ring (bicyclic) bond motifs is 1. The molecule has 1 atom stereocenters. The molecule has 0 amide bonds. The van der Waals surface area contributed by atoms with E-state index in [1.54, 1.807) is 48.9 Å². The number of carbonyl (C=O) groups is 1. The number of ether oxygens (including phenoxy) is 2. The van der Waals surface area contributed by atoms with Gasteiger partial charge in [0.25, 0.3) is 5.56 Å². The second-order valence-electron chi connectivity index (χ2n) is 7.29. The first-order valence-electron chi connectivity index (χ1n) is 10.1. The van der Waals surface area contributed by atoms with Crippen molar-refractivity contribution < 1.29 is 14.3 Å². The van der Waals surface area contributed by atoms with Crippen LogP contribution in [0.25, 0.3) is 6.08 Å². The van der Waals surface area contributed by atoms with E-state index in [0.29, 0.717) is 25.6 Å². The zero-order chi connectivity index (χ0) is 23.5. The molecule has 0 spiro atoms. The molecular weight excluding hydrogens is 460 g/mol. The van der Waals surface area contributed by atoms with Gasteiger partial charge in [0.2, 0.25) is 0 Å². The number of hydrogen-bond acceptors (Lipinski definition) is 6. The molecule has 1 aliphatic heterocycles. The Morgan fingerprint density at radius 3 is 2.55 bits per heavy atom. The highest BCUT2D eigenvalue weighted by Gasteiger charge is 2.33. The van der Waals surface area contributed by atoms with Gasteiger partial charge in [0.15, 0.2) is 4.80 Å². The van der Waals surface area contributed by atoms with Crippen molar-refractivity contribution in [3.8, 4) is 5.75 Å². The molecule has 33 heavy (non-hydrogen) atoms. The highest BCUT2D eigenvalue weighted by atomic mass is 35.5. The summed E-state index contributed by atoms with van der Waals surface area (Å²) >= 11 is 7.35. The van der Waals surface area contributed by atoms with Gasteiger partial charge in [0, 0.05) is 5.02 Å². The van der Waals surface area contributed by atoms with Crippen molar-refractivity contribution in [2.24, 2.45) is 4.99 Å². The maximum Gasteiger partial charge on any atom is 0.338 e. The van der Waals surface area contributed by atoms with Crippen LogP contribution in [0.2, 0.25) is 5.02 Å². The molecule has 2 heterocycles. The number of hydrogen-bond donors (Lipinski definition) is 0. The van der Waals surface area contributed by atoms with Gasteiger partial charge >= 0.3 is 5.97 Å². The summed E-state index contributed by atoms with van der Waals surface area (Å²) < 4.78 is 12.6. The Morgan fingerprint density at radius 2 is 1.91 bits per heavy atom. The fourth-order valence-corrected chi connectivity index (χ4v) is 4.78. The molecule has 0 N–H and O–H groups in total. The fourth-order valence-electron chi connectivity index (χ4n) is 3.61. The summed E-state index contributed by atoms with van der Waals surface area (Å²) in [6.07, 6.45) is 3.30. The summed E-state index contributed by atoms with van der Waals surface area (Å²) in [7, 11) is 1.60. The van der Waals surface area contributed by atoms with Crippen molar-refractivity contribution in [1.29, 1.82) is 0 Å². The highest BCUT2D eigenvalue weighted by Crippen LogP contribution is 2.31. The summed E-state index contributed by atoms with van der Waals surface area (Å²) in [5, 5.41) is 0.558. The van der Waals surface area contributed by atoms with Gasteiger partial charge < -0.3 is 9.47 Å². The van der Waals surface area contributed by atoms with Crippen molar-refractivity contribution in [2.75, 3.05) is 13.7 Å². The van der Waals surface area contributed by atoms with Crippen molar-refractivity contribution >= 4 is 35.0 Å². The molecule has 0 fully saturated rings. The lowest BCUT2D eigenvalue weighted by Gasteiger charge is -2.24. The topological polar surface area (TPSA) is 69.9 Å². The third-order valence-corrected chi connectivity index (χ3v) is 6.41. The van der Waals surface area contributed by atoms with E-state index in [1.165, 1.54) is 17.4 Å². The van der Waals surface area contributed by atoms with Crippen LogP contribution in [0.4, 0.5) is 0 Å². The molecule has 3 aromatic rings. The van der Waals surface area contributed by atoms with E-state index in [4.69, 9.17) is 21.1 Å².